The van der Waals surface area contributed by atoms with Crippen molar-refractivity contribution in [1.82, 2.24) is 0 Å². The molecular weight excluding hydrogens is 919 g/mol. The molecule has 4 nitrogen and oxygen atoms in total. The van der Waals surface area contributed by atoms with Crippen molar-refractivity contribution in [3.05, 3.63) is 248 Å². The summed E-state index contributed by atoms with van der Waals surface area (Å²) < 4.78 is 5.99. The first-order chi connectivity index (χ1) is 36.6. The van der Waals surface area contributed by atoms with Crippen molar-refractivity contribution < 1.29 is 4.74 Å². The molecule has 0 spiro atoms. The van der Waals surface area contributed by atoms with Crippen molar-refractivity contribution in [1.29, 1.82) is 0 Å². The molecule has 0 fully saturated rings. The van der Waals surface area contributed by atoms with E-state index in [0.29, 0.717) is 0 Å². The Balaban J connectivity index is 0.000000218. The molecule has 3 heterocycles. The van der Waals surface area contributed by atoms with Gasteiger partial charge in [0.25, 0.3) is 0 Å². The maximum atomic E-state index is 5.99. The highest BCUT2D eigenvalue weighted by Gasteiger charge is 2.36. The van der Waals surface area contributed by atoms with Crippen molar-refractivity contribution in [2.45, 2.75) is 112 Å². The average molecular weight is 1000 g/mol. The Hall–Kier alpha value is -7.47. The molecule has 0 saturated carbocycles. The van der Waals surface area contributed by atoms with Gasteiger partial charge in [0.1, 0.15) is 0 Å². The van der Waals surface area contributed by atoms with Gasteiger partial charge in [0.2, 0.25) is 0 Å². The number of hydrogen-bond acceptors (Lipinski definition) is 5. The minimum Gasteiger partial charge on any atom is -0.453 e. The molecule has 0 N–H and O–H groups in total. The Morgan fingerprint density at radius 3 is 0.865 bits per heavy atom. The van der Waals surface area contributed by atoms with Crippen LogP contribution in [0.25, 0.3) is 0 Å². The van der Waals surface area contributed by atoms with Gasteiger partial charge < -0.3 is 19.4 Å². The zero-order valence-electron chi connectivity index (χ0n) is 46.7. The van der Waals surface area contributed by atoms with E-state index in [2.05, 4.69) is 223 Å². The van der Waals surface area contributed by atoms with E-state index < -0.39 is 0 Å². The second-order valence-electron chi connectivity index (χ2n) is 15.7. The predicted molar refractivity (Wildman–Crippen MR) is 328 cm³/mol. The van der Waals surface area contributed by atoms with E-state index in [4.69, 9.17) is 4.74 Å². The normalized spacial score (nSPS) is 11.7. The van der Waals surface area contributed by atoms with Gasteiger partial charge in [-0.3, -0.25) is 0 Å². The van der Waals surface area contributed by atoms with E-state index >= 15 is 0 Å². The van der Waals surface area contributed by atoms with E-state index in [1.807, 2.05) is 137 Å². The summed E-state index contributed by atoms with van der Waals surface area (Å²) in [5.74, 6) is 1.77. The summed E-state index contributed by atoms with van der Waals surface area (Å²) in [5, 5.41) is 0. The van der Waals surface area contributed by atoms with Crippen molar-refractivity contribution in [3.63, 3.8) is 0 Å². The van der Waals surface area contributed by atoms with E-state index in [1.165, 1.54) is 55.0 Å². The van der Waals surface area contributed by atoms with Gasteiger partial charge in [-0.15, -0.1) is 0 Å². The molecule has 3 aliphatic heterocycles. The predicted octanol–water partition coefficient (Wildman–Crippen LogP) is 22.8. The lowest BCUT2D eigenvalue weighted by atomic mass is 9.73. The van der Waals surface area contributed by atoms with Gasteiger partial charge in [0.05, 0.1) is 34.1 Å². The molecule has 74 heavy (non-hydrogen) atoms. The summed E-state index contributed by atoms with van der Waals surface area (Å²) in [5.41, 5.74) is 13.5. The van der Waals surface area contributed by atoms with E-state index in [9.17, 15) is 0 Å². The number of hydrogen-bond donors (Lipinski definition) is 0. The fourth-order valence-corrected chi connectivity index (χ4v) is 9.70. The smallest absolute Gasteiger partial charge is 0.151 e. The van der Waals surface area contributed by atoms with Crippen LogP contribution in [-0.4, -0.2) is 0 Å². The van der Waals surface area contributed by atoms with Gasteiger partial charge in [0.15, 0.2) is 11.5 Å². The van der Waals surface area contributed by atoms with Crippen LogP contribution in [0, 0.1) is 0 Å². The van der Waals surface area contributed by atoms with E-state index in [-0.39, 0.29) is 5.41 Å². The van der Waals surface area contributed by atoms with Gasteiger partial charge in [-0.25, -0.2) is 0 Å². The minimum absolute atomic E-state index is 0.0124. The molecule has 0 aliphatic carbocycles. The molecule has 12 rings (SSSR count). The van der Waals surface area contributed by atoms with Crippen molar-refractivity contribution in [2.75, 3.05) is 14.7 Å². The Morgan fingerprint density at radius 1 is 0.270 bits per heavy atom. The van der Waals surface area contributed by atoms with Gasteiger partial charge in [-0.1, -0.05) is 248 Å². The summed E-state index contributed by atoms with van der Waals surface area (Å²) in [6, 6.07) is 82.3. The summed E-state index contributed by atoms with van der Waals surface area (Å²) in [7, 11) is 0. The lowest BCUT2D eigenvalue weighted by Crippen LogP contribution is -2.30. The molecule has 0 amide bonds. The lowest BCUT2D eigenvalue weighted by Gasteiger charge is -2.42. The zero-order chi connectivity index (χ0) is 53.9. The fraction of sp³-hybridized carbons (Fsp3) is 0.217. The first kappa shape index (κ1) is 59.1. The Morgan fingerprint density at radius 2 is 0.514 bits per heavy atom. The molecular formula is C69H81N3OS. The highest BCUT2D eigenvalue weighted by Crippen LogP contribution is 2.53. The SMILES string of the molecule is CC.CC.CC.CC.CC.CC.CC1(C)c2ccccc2N(c2ccccc2)c2ccccc21.c1ccc(N2c3ccccc3Oc3ccccc32)cc1.c1ccc(N2c3ccccc3Sc3ccccc32)cc1. The standard InChI is InChI=1S/C21H19N.C18H13NO.C18H13NS.6C2H6/c1-21(2)17-12-6-8-14-19(17)22(16-10-4-3-5-11-16)20-15-9-7-13-18(20)21;2*1-2-8-14(9-3-1)19-15-10-4-6-12-17(15)20-18-13-7-5-11-16(18)19;6*1-2/h3-15H,1-2H3;2*1-13H;6*1-2H3. The van der Waals surface area contributed by atoms with Crippen LogP contribution in [0.2, 0.25) is 0 Å². The Bertz CT molecular complexity index is 2700. The molecule has 3 aliphatic rings. The van der Waals surface area contributed by atoms with Crippen LogP contribution in [0.5, 0.6) is 11.5 Å². The number of ether oxygens (including phenoxy) is 1. The van der Waals surface area contributed by atoms with Crippen LogP contribution in [0.4, 0.5) is 51.2 Å². The zero-order valence-corrected chi connectivity index (χ0v) is 47.5. The Labute approximate surface area is 451 Å². The van der Waals surface area contributed by atoms with E-state index in [1.54, 1.807) is 0 Å². The summed E-state index contributed by atoms with van der Waals surface area (Å²) in [6.45, 7) is 28.6. The van der Waals surface area contributed by atoms with Crippen LogP contribution in [-0.2, 0) is 5.41 Å². The topological polar surface area (TPSA) is 19.0 Å². The number of anilines is 9. The van der Waals surface area contributed by atoms with Crippen LogP contribution in [0.15, 0.2) is 246 Å². The van der Waals surface area contributed by atoms with Crippen LogP contribution < -0.4 is 19.4 Å². The third-order valence-electron chi connectivity index (χ3n) is 11.5. The molecule has 9 aromatic rings. The van der Waals surface area contributed by atoms with Gasteiger partial charge in [-0.2, -0.15) is 0 Å². The molecule has 0 atom stereocenters. The highest BCUT2D eigenvalue weighted by molar-refractivity contribution is 7.99. The summed E-state index contributed by atoms with van der Waals surface area (Å²) in [6.07, 6.45) is 0. The van der Waals surface area contributed by atoms with Crippen LogP contribution >= 0.6 is 11.8 Å². The average Bonchev–Trinajstić information content (AvgIpc) is 3.50. The number of fused-ring (bicyclic) bond motifs is 6. The quantitative estimate of drug-likeness (QED) is 0.175. The third kappa shape index (κ3) is 13.6. The van der Waals surface area contributed by atoms with Gasteiger partial charge >= 0.3 is 0 Å². The summed E-state index contributed by atoms with van der Waals surface area (Å²) in [4.78, 5) is 9.54. The van der Waals surface area contributed by atoms with Crippen molar-refractivity contribution in [3.8, 4) is 11.5 Å². The van der Waals surface area contributed by atoms with Gasteiger partial charge in [-0.05, 0) is 108 Å². The molecule has 0 aromatic heterocycles. The molecule has 0 saturated heterocycles. The second-order valence-corrected chi connectivity index (χ2v) is 16.8. The van der Waals surface area contributed by atoms with Crippen molar-refractivity contribution >= 4 is 62.9 Å². The van der Waals surface area contributed by atoms with Crippen LogP contribution in [0.3, 0.4) is 0 Å². The largest absolute Gasteiger partial charge is 0.453 e. The van der Waals surface area contributed by atoms with Gasteiger partial charge in [0, 0.05) is 32.3 Å². The molecule has 384 valence electrons. The fourth-order valence-electron chi connectivity index (χ4n) is 8.64. The number of rotatable bonds is 3. The molecule has 0 bridgehead atoms. The van der Waals surface area contributed by atoms with Crippen molar-refractivity contribution in [2.24, 2.45) is 0 Å². The number of nitrogens with zero attached hydrogens (tertiary/aromatic N) is 3. The first-order valence-corrected chi connectivity index (χ1v) is 27.8. The minimum atomic E-state index is 0.0124. The lowest BCUT2D eigenvalue weighted by molar-refractivity contribution is 0.477. The first-order valence-electron chi connectivity index (χ1n) is 27.0. The highest BCUT2D eigenvalue weighted by atomic mass is 32.2. The monoisotopic (exact) mass is 1000 g/mol. The second kappa shape index (κ2) is 31.2. The molecule has 0 radical (unpaired) electrons. The number of para-hydroxylation sites is 11. The van der Waals surface area contributed by atoms with Crippen LogP contribution in [0.1, 0.15) is 108 Å². The molecule has 9 aromatic carbocycles. The summed E-state index contributed by atoms with van der Waals surface area (Å²) >= 11 is 1.84. The molecule has 0 unspecified atom stereocenters. The third-order valence-corrected chi connectivity index (χ3v) is 12.7. The molecule has 5 heteroatoms. The Kier molecular flexibility index (Phi) is 24.9. The maximum Gasteiger partial charge on any atom is 0.151 e. The number of benzene rings is 9. The van der Waals surface area contributed by atoms with E-state index in [0.717, 1.165) is 28.6 Å². The maximum absolute atomic E-state index is 5.99.